The zero-order chi connectivity index (χ0) is 13.7. The molecule has 7 heteroatoms. The molecule has 1 aliphatic heterocycles. The molecule has 0 radical (unpaired) electrons. The second kappa shape index (κ2) is 4.27. The minimum absolute atomic E-state index is 0.153. The van der Waals surface area contributed by atoms with Crippen molar-refractivity contribution in [2.24, 2.45) is 0 Å². The summed E-state index contributed by atoms with van der Waals surface area (Å²) in [6.45, 7) is 0.494. The van der Waals surface area contributed by atoms with E-state index in [4.69, 9.17) is 9.15 Å². The number of aliphatic hydroxyl groups is 1. The third kappa shape index (κ3) is 1.64. The van der Waals surface area contributed by atoms with Crippen LogP contribution in [0.2, 0.25) is 0 Å². The number of aliphatic hydroxyl groups excluding tert-OH is 1. The van der Waals surface area contributed by atoms with E-state index in [9.17, 15) is 9.90 Å². The summed E-state index contributed by atoms with van der Waals surface area (Å²) in [4.78, 5) is 13.0. The van der Waals surface area contributed by atoms with Crippen molar-refractivity contribution in [1.29, 1.82) is 0 Å². The lowest BCUT2D eigenvalue weighted by Crippen LogP contribution is -2.19. The number of thiophene rings is 1. The van der Waals surface area contributed by atoms with Crippen molar-refractivity contribution in [3.63, 3.8) is 0 Å². The number of nitrogens with zero attached hydrogens (tertiary/aromatic N) is 1. The van der Waals surface area contributed by atoms with Crippen LogP contribution in [0, 0.1) is 0 Å². The van der Waals surface area contributed by atoms with Crippen LogP contribution < -0.4 is 5.63 Å². The van der Waals surface area contributed by atoms with Crippen LogP contribution in [0.15, 0.2) is 27.7 Å². The van der Waals surface area contributed by atoms with Crippen molar-refractivity contribution in [3.05, 3.63) is 40.2 Å². The number of hydrogen-bond acceptors (Lipinski definition) is 6. The molecule has 0 aromatic carbocycles. The fourth-order valence-electron chi connectivity index (χ4n) is 2.40. The summed E-state index contributed by atoms with van der Waals surface area (Å²) in [6, 6.07) is 1.92. The highest BCUT2D eigenvalue weighted by Gasteiger charge is 2.26. The van der Waals surface area contributed by atoms with E-state index in [1.165, 1.54) is 11.3 Å². The molecule has 4 heterocycles. The van der Waals surface area contributed by atoms with Gasteiger partial charge in [0.1, 0.15) is 16.6 Å². The maximum absolute atomic E-state index is 12.0. The lowest BCUT2D eigenvalue weighted by atomic mass is 10.1. The van der Waals surface area contributed by atoms with Crippen molar-refractivity contribution in [3.8, 4) is 10.4 Å². The quantitative estimate of drug-likeness (QED) is 0.713. The van der Waals surface area contributed by atoms with E-state index in [2.05, 4.69) is 10.2 Å². The van der Waals surface area contributed by atoms with Crippen molar-refractivity contribution in [2.75, 3.05) is 6.61 Å². The Kier molecular flexibility index (Phi) is 2.53. The molecule has 4 rings (SSSR count). The molecule has 6 nitrogen and oxygen atoms in total. The Hall–Kier alpha value is -1.96. The molecule has 102 valence electrons. The van der Waals surface area contributed by atoms with E-state index in [-0.39, 0.29) is 6.61 Å². The summed E-state index contributed by atoms with van der Waals surface area (Å²) >= 11 is 1.35. The highest BCUT2D eigenvalue weighted by molar-refractivity contribution is 7.22. The largest absolute Gasteiger partial charge is 0.424 e. The number of H-pyrrole nitrogens is 1. The molecule has 2 N–H and O–H groups in total. The van der Waals surface area contributed by atoms with Crippen LogP contribution >= 0.6 is 11.3 Å². The molecular formula is C13H10N2O4S. The molecule has 1 aliphatic rings. The third-order valence-corrected chi connectivity index (χ3v) is 4.51. The zero-order valence-corrected chi connectivity index (χ0v) is 11.1. The average Bonchev–Trinajstić information content (AvgIpc) is 3.08. The lowest BCUT2D eigenvalue weighted by Gasteiger charge is -2.19. The Bertz CT molecular complexity index is 834. The van der Waals surface area contributed by atoms with Crippen molar-refractivity contribution in [1.82, 2.24) is 10.2 Å². The number of rotatable bonds is 1. The first-order valence-electron chi connectivity index (χ1n) is 6.08. The second-order valence-electron chi connectivity index (χ2n) is 4.60. The first kappa shape index (κ1) is 11.8. The van der Waals surface area contributed by atoms with Crippen LogP contribution in [0.25, 0.3) is 20.5 Å². The lowest BCUT2D eigenvalue weighted by molar-refractivity contribution is -0.00512. The Labute approximate surface area is 116 Å². The maximum atomic E-state index is 12.0. The molecule has 0 aliphatic carbocycles. The van der Waals surface area contributed by atoms with E-state index in [0.717, 1.165) is 21.4 Å². The normalized spacial score (nSPS) is 18.4. The molecule has 0 amide bonds. The number of aromatic nitrogens is 2. The van der Waals surface area contributed by atoms with Crippen molar-refractivity contribution in [2.45, 2.75) is 12.7 Å². The molecule has 0 fully saturated rings. The minimum Gasteiger partial charge on any atom is -0.424 e. The second-order valence-corrected chi connectivity index (χ2v) is 5.66. The van der Waals surface area contributed by atoms with Gasteiger partial charge in [0.05, 0.1) is 19.4 Å². The molecule has 0 saturated carbocycles. The molecule has 1 atom stereocenters. The van der Waals surface area contributed by atoms with E-state index < -0.39 is 11.7 Å². The van der Waals surface area contributed by atoms with Gasteiger partial charge in [-0.2, -0.15) is 5.10 Å². The van der Waals surface area contributed by atoms with Crippen LogP contribution in [-0.4, -0.2) is 21.9 Å². The molecule has 1 unspecified atom stereocenters. The van der Waals surface area contributed by atoms with E-state index in [1.54, 1.807) is 12.4 Å². The topological polar surface area (TPSA) is 88.4 Å². The van der Waals surface area contributed by atoms with Gasteiger partial charge in [0.2, 0.25) is 0 Å². The zero-order valence-electron chi connectivity index (χ0n) is 10.3. The maximum Gasteiger partial charge on any atom is 0.354 e. The predicted molar refractivity (Wildman–Crippen MR) is 72.6 cm³/mol. The van der Waals surface area contributed by atoms with Crippen LogP contribution in [0.5, 0.6) is 0 Å². The summed E-state index contributed by atoms with van der Waals surface area (Å²) in [6.07, 6.45) is 2.59. The van der Waals surface area contributed by atoms with Crippen LogP contribution in [-0.2, 0) is 11.3 Å². The summed E-state index contributed by atoms with van der Waals surface area (Å²) in [7, 11) is 0. The Balaban J connectivity index is 2.02. The van der Waals surface area contributed by atoms with Gasteiger partial charge in [0, 0.05) is 27.6 Å². The van der Waals surface area contributed by atoms with Gasteiger partial charge in [-0.15, -0.1) is 11.3 Å². The molecule has 0 saturated heterocycles. The monoisotopic (exact) mass is 290 g/mol. The smallest absolute Gasteiger partial charge is 0.354 e. The Morgan fingerprint density at radius 3 is 3.20 bits per heavy atom. The summed E-state index contributed by atoms with van der Waals surface area (Å²) in [5, 5.41) is 17.3. The van der Waals surface area contributed by atoms with Gasteiger partial charge < -0.3 is 14.3 Å². The molecule has 0 bridgehead atoms. The fraction of sp³-hybridized carbons (Fsp3) is 0.231. The predicted octanol–water partition coefficient (Wildman–Crippen LogP) is 1.81. The molecule has 0 spiro atoms. The van der Waals surface area contributed by atoms with Crippen molar-refractivity contribution < 1.29 is 14.3 Å². The van der Waals surface area contributed by atoms with Gasteiger partial charge in [-0.1, -0.05) is 0 Å². The van der Waals surface area contributed by atoms with Gasteiger partial charge >= 0.3 is 5.63 Å². The summed E-state index contributed by atoms with van der Waals surface area (Å²) in [5.74, 6) is 0.324. The molecule has 3 aromatic heterocycles. The third-order valence-electron chi connectivity index (χ3n) is 3.35. The van der Waals surface area contributed by atoms with Crippen LogP contribution in [0.1, 0.15) is 17.4 Å². The first-order valence-corrected chi connectivity index (χ1v) is 6.90. The minimum atomic E-state index is -0.881. The summed E-state index contributed by atoms with van der Waals surface area (Å²) < 4.78 is 11.1. The first-order chi connectivity index (χ1) is 9.74. The van der Waals surface area contributed by atoms with Gasteiger partial charge in [-0.05, 0) is 6.07 Å². The number of ether oxygens (including phenoxy) is 1. The molecular weight excluding hydrogens is 280 g/mol. The van der Waals surface area contributed by atoms with Crippen LogP contribution in [0.3, 0.4) is 0 Å². The van der Waals surface area contributed by atoms with E-state index in [1.807, 2.05) is 6.07 Å². The Morgan fingerprint density at radius 2 is 2.40 bits per heavy atom. The van der Waals surface area contributed by atoms with Gasteiger partial charge in [-0.3, -0.25) is 5.10 Å². The highest BCUT2D eigenvalue weighted by atomic mass is 32.1. The number of hydrogen-bond donors (Lipinski definition) is 2. The van der Waals surface area contributed by atoms with E-state index in [0.29, 0.717) is 17.1 Å². The molecule has 3 aromatic rings. The fourth-order valence-corrected chi connectivity index (χ4v) is 3.44. The number of nitrogens with one attached hydrogen (secondary N) is 1. The van der Waals surface area contributed by atoms with E-state index >= 15 is 0 Å². The number of aromatic amines is 1. The SMILES string of the molecule is O=c1oc2c(c3cc(-c4cn[nH]c4)sc13)COCC2O. The Morgan fingerprint density at radius 1 is 1.50 bits per heavy atom. The average molecular weight is 290 g/mol. The van der Waals surface area contributed by atoms with Gasteiger partial charge in [0.15, 0.2) is 0 Å². The van der Waals surface area contributed by atoms with Crippen LogP contribution in [0.4, 0.5) is 0 Å². The molecule has 20 heavy (non-hydrogen) atoms. The van der Waals surface area contributed by atoms with Gasteiger partial charge in [0.25, 0.3) is 0 Å². The van der Waals surface area contributed by atoms with Gasteiger partial charge in [-0.25, -0.2) is 4.79 Å². The standard InChI is InChI=1S/C13H10N2O4S/c16-9-5-18-4-8-7-1-10(6-2-14-15-3-6)20-12(7)13(17)19-11(8)9/h1-3,9,16H,4-5H2,(H,14,15). The van der Waals surface area contributed by atoms with Crippen molar-refractivity contribution >= 4 is 21.4 Å². The summed E-state index contributed by atoms with van der Waals surface area (Å²) in [5.41, 5.74) is 1.25. The highest BCUT2D eigenvalue weighted by Crippen LogP contribution is 2.37. The number of fused-ring (bicyclic) bond motifs is 3.